The molecule has 0 spiro atoms. The van der Waals surface area contributed by atoms with E-state index in [4.69, 9.17) is 17.0 Å². The summed E-state index contributed by atoms with van der Waals surface area (Å²) in [6.45, 7) is 0. The van der Waals surface area contributed by atoms with Crippen molar-refractivity contribution in [3.63, 3.8) is 0 Å². The second-order valence-electron chi connectivity index (χ2n) is 6.69. The average molecular weight is 393 g/mol. The van der Waals surface area contributed by atoms with Crippen molar-refractivity contribution in [2.45, 2.75) is 57.8 Å². The number of hydrogen-bond donors (Lipinski definition) is 0. The van der Waals surface area contributed by atoms with E-state index in [-0.39, 0.29) is 11.9 Å². The van der Waals surface area contributed by atoms with Gasteiger partial charge in [0, 0.05) is 4.88 Å². The van der Waals surface area contributed by atoms with Crippen LogP contribution in [0.5, 0.6) is 5.75 Å². The van der Waals surface area contributed by atoms with E-state index in [1.54, 1.807) is 20.7 Å². The van der Waals surface area contributed by atoms with Crippen LogP contribution in [0.2, 0.25) is 0 Å². The molecule has 0 N–H and O–H groups in total. The number of carbonyl (C=O) groups is 1. The smallest absolute Gasteiger partial charge is 0.314 e. The molecule has 25 heavy (non-hydrogen) atoms. The molecule has 0 unspecified atom stereocenters. The van der Waals surface area contributed by atoms with Crippen molar-refractivity contribution in [3.05, 3.63) is 34.2 Å². The van der Waals surface area contributed by atoms with Crippen molar-refractivity contribution in [2.75, 3.05) is 0 Å². The first kappa shape index (κ1) is 18.7. The van der Waals surface area contributed by atoms with Crippen molar-refractivity contribution >= 4 is 38.9 Å². The topological polar surface area (TPSA) is 26.3 Å². The minimum atomic E-state index is -0.0560. The molecule has 2 aromatic rings. The summed E-state index contributed by atoms with van der Waals surface area (Å²) in [7, 11) is 3.29. The van der Waals surface area contributed by atoms with Gasteiger partial charge in [-0.25, -0.2) is 0 Å². The van der Waals surface area contributed by atoms with E-state index >= 15 is 0 Å². The fourth-order valence-corrected chi connectivity index (χ4v) is 5.71. The molecule has 0 atom stereocenters. The summed E-state index contributed by atoms with van der Waals surface area (Å²) >= 11 is 5.19. The van der Waals surface area contributed by atoms with Crippen LogP contribution in [0.1, 0.15) is 57.8 Å². The van der Waals surface area contributed by atoms with Crippen LogP contribution in [0.4, 0.5) is 0 Å². The lowest BCUT2D eigenvalue weighted by Crippen LogP contribution is -2.21. The summed E-state index contributed by atoms with van der Waals surface area (Å²) in [5, 5.41) is 0. The van der Waals surface area contributed by atoms with Crippen LogP contribution in [-0.2, 0) is 4.79 Å². The lowest BCUT2D eigenvalue weighted by molar-refractivity contribution is -0.139. The predicted octanol–water partition coefficient (Wildman–Crippen LogP) is 7.25. The highest BCUT2D eigenvalue weighted by molar-refractivity contribution is 7.80. The Morgan fingerprint density at radius 3 is 2.08 bits per heavy atom. The third-order valence-electron chi connectivity index (χ3n) is 4.76. The summed E-state index contributed by atoms with van der Waals surface area (Å²) in [5.41, 5.74) is 1.12. The third kappa shape index (κ3) is 5.73. The van der Waals surface area contributed by atoms with Gasteiger partial charge in [0.05, 0.1) is 5.92 Å². The molecule has 0 aliphatic heterocycles. The van der Waals surface area contributed by atoms with E-state index < -0.39 is 0 Å². The van der Waals surface area contributed by atoms with Gasteiger partial charge in [-0.15, -0.1) is 0 Å². The molecule has 0 bridgehead atoms. The summed E-state index contributed by atoms with van der Waals surface area (Å²) in [6, 6.07) is 9.81. The molecule has 1 saturated carbocycles. The van der Waals surface area contributed by atoms with E-state index in [9.17, 15) is 4.79 Å². The minimum absolute atomic E-state index is 0.0552. The first-order valence-corrected chi connectivity index (χ1v) is 11.7. The maximum absolute atomic E-state index is 12.6. The van der Waals surface area contributed by atoms with Crippen molar-refractivity contribution in [1.82, 2.24) is 0 Å². The first-order valence-electron chi connectivity index (χ1n) is 9.15. The molecular formula is C20H24O2S3. The molecule has 1 aliphatic carbocycles. The van der Waals surface area contributed by atoms with Gasteiger partial charge in [0.25, 0.3) is 0 Å². The molecule has 1 heterocycles. The van der Waals surface area contributed by atoms with Gasteiger partial charge in [-0.05, 0) is 48.7 Å². The highest BCUT2D eigenvalue weighted by atomic mass is 32.9. The molecule has 5 heteroatoms. The van der Waals surface area contributed by atoms with Crippen LogP contribution >= 0.6 is 32.9 Å². The van der Waals surface area contributed by atoms with E-state index in [0.717, 1.165) is 35.1 Å². The molecule has 0 radical (unpaired) electrons. The number of hydrogen-bond acceptors (Lipinski definition) is 5. The van der Waals surface area contributed by atoms with Gasteiger partial charge < -0.3 is 4.74 Å². The van der Waals surface area contributed by atoms with E-state index in [1.165, 1.54) is 37.0 Å². The Morgan fingerprint density at radius 2 is 1.52 bits per heavy atom. The molecule has 0 amide bonds. The zero-order valence-electron chi connectivity index (χ0n) is 14.4. The summed E-state index contributed by atoms with van der Waals surface area (Å²) in [4.78, 5) is 13.7. The van der Waals surface area contributed by atoms with Crippen molar-refractivity contribution in [1.29, 1.82) is 0 Å². The number of esters is 1. The zero-order chi connectivity index (χ0) is 17.5. The average Bonchev–Trinajstić information content (AvgIpc) is 3.06. The lowest BCUT2D eigenvalue weighted by atomic mass is 9.92. The van der Waals surface area contributed by atoms with Gasteiger partial charge in [0.15, 0.2) is 0 Å². The summed E-state index contributed by atoms with van der Waals surface area (Å²) in [6.07, 6.45) is 10.7. The molecule has 1 aromatic heterocycles. The van der Waals surface area contributed by atoms with E-state index in [0.29, 0.717) is 5.75 Å². The van der Waals surface area contributed by atoms with Gasteiger partial charge in [-0.1, -0.05) is 77.8 Å². The quantitative estimate of drug-likeness (QED) is 0.238. The predicted molar refractivity (Wildman–Crippen MR) is 109 cm³/mol. The minimum Gasteiger partial charge on any atom is -0.426 e. The Labute approximate surface area is 162 Å². The van der Waals surface area contributed by atoms with Crippen LogP contribution < -0.4 is 4.74 Å². The SMILES string of the molecule is O=C(Oc1ccc(-c2cc(=S)ss2)cc1)C1CCCCCCCCC1. The second kappa shape index (κ2) is 9.60. The third-order valence-corrected chi connectivity index (χ3v) is 7.67. The molecule has 3 rings (SSSR count). The first-order chi connectivity index (χ1) is 12.2. The molecular weight excluding hydrogens is 368 g/mol. The molecule has 1 aliphatic rings. The van der Waals surface area contributed by atoms with Gasteiger partial charge in [0.1, 0.15) is 9.57 Å². The van der Waals surface area contributed by atoms with Gasteiger partial charge in [0.2, 0.25) is 0 Å². The highest BCUT2D eigenvalue weighted by Gasteiger charge is 2.20. The second-order valence-corrected chi connectivity index (χ2v) is 9.60. The maximum Gasteiger partial charge on any atom is 0.314 e. The monoisotopic (exact) mass is 392 g/mol. The largest absolute Gasteiger partial charge is 0.426 e. The standard InChI is InChI=1S/C20H24O2S3/c21-20(16-8-6-4-2-1-3-5-7-9-16)22-17-12-10-15(11-13-17)18-14-19(23)25-24-18/h10-14,16H,1-9H2. The highest BCUT2D eigenvalue weighted by Crippen LogP contribution is 2.31. The molecule has 1 fully saturated rings. The fourth-order valence-electron chi connectivity index (χ4n) is 3.30. The van der Waals surface area contributed by atoms with Crippen molar-refractivity contribution < 1.29 is 9.53 Å². The summed E-state index contributed by atoms with van der Waals surface area (Å²) in [5.74, 6) is 0.642. The normalized spacial score (nSPS) is 17.1. The van der Waals surface area contributed by atoms with E-state index in [1.807, 2.05) is 30.3 Å². The van der Waals surface area contributed by atoms with Crippen LogP contribution in [0.15, 0.2) is 30.3 Å². The number of ether oxygens (including phenoxy) is 1. The van der Waals surface area contributed by atoms with Crippen LogP contribution in [0.25, 0.3) is 10.4 Å². The van der Waals surface area contributed by atoms with E-state index in [2.05, 4.69) is 0 Å². The Bertz CT molecular complexity index is 720. The number of carbonyl (C=O) groups excluding carboxylic acids is 1. The number of rotatable bonds is 3. The lowest BCUT2D eigenvalue weighted by Gasteiger charge is -2.17. The Balaban J connectivity index is 1.60. The Hall–Kier alpha value is -1.04. The zero-order valence-corrected chi connectivity index (χ0v) is 16.8. The van der Waals surface area contributed by atoms with Crippen molar-refractivity contribution in [2.24, 2.45) is 5.92 Å². The summed E-state index contributed by atoms with van der Waals surface area (Å²) < 4.78 is 6.57. The van der Waals surface area contributed by atoms with Gasteiger partial charge in [-0.3, -0.25) is 4.79 Å². The van der Waals surface area contributed by atoms with Gasteiger partial charge >= 0.3 is 5.97 Å². The molecule has 0 saturated heterocycles. The maximum atomic E-state index is 12.6. The number of benzene rings is 1. The van der Waals surface area contributed by atoms with Crippen LogP contribution in [-0.4, -0.2) is 5.97 Å². The Kier molecular flexibility index (Phi) is 7.20. The Morgan fingerprint density at radius 1 is 0.920 bits per heavy atom. The molecule has 134 valence electrons. The molecule has 1 aromatic carbocycles. The van der Waals surface area contributed by atoms with Gasteiger partial charge in [-0.2, -0.15) is 0 Å². The van der Waals surface area contributed by atoms with Crippen LogP contribution in [0.3, 0.4) is 0 Å². The molecule has 2 nitrogen and oxygen atoms in total. The van der Waals surface area contributed by atoms with Crippen molar-refractivity contribution in [3.8, 4) is 16.2 Å². The fraction of sp³-hybridized carbons (Fsp3) is 0.500. The van der Waals surface area contributed by atoms with Crippen LogP contribution in [0, 0.1) is 9.74 Å².